The number of carbonyl (C=O) groups is 2. The van der Waals surface area contributed by atoms with E-state index >= 15 is 0 Å². The van der Waals surface area contributed by atoms with Gasteiger partial charge in [0.2, 0.25) is 0 Å². The number of ether oxygens (including phenoxy) is 2. The summed E-state index contributed by atoms with van der Waals surface area (Å²) in [5.41, 5.74) is 2.10. The number of anilines is 1. The summed E-state index contributed by atoms with van der Waals surface area (Å²) in [6.45, 7) is 15.3. The smallest absolute Gasteiger partial charge is 0.410 e. The van der Waals surface area contributed by atoms with E-state index in [-0.39, 0.29) is 18.8 Å². The Morgan fingerprint density at radius 3 is 2.07 bits per heavy atom. The van der Waals surface area contributed by atoms with Crippen molar-refractivity contribution in [2.45, 2.75) is 65.3 Å². The van der Waals surface area contributed by atoms with E-state index in [1.807, 2.05) is 88.4 Å². The van der Waals surface area contributed by atoms with Gasteiger partial charge in [0, 0.05) is 50.4 Å². The molecule has 240 valence electrons. The topological polar surface area (TPSA) is 82.6 Å². The van der Waals surface area contributed by atoms with Crippen LogP contribution in [0.5, 0.6) is 0 Å². The number of hydrogen-bond donors (Lipinski definition) is 1. The third-order valence-electron chi connectivity index (χ3n) is 8.97. The van der Waals surface area contributed by atoms with Gasteiger partial charge in [0.25, 0.3) is 0 Å². The number of nitrogens with zero attached hydrogens (tertiary/aromatic N) is 3. The molecule has 0 radical (unpaired) electrons. The van der Waals surface area contributed by atoms with Crippen LogP contribution in [0.3, 0.4) is 0 Å². The summed E-state index contributed by atoms with van der Waals surface area (Å²) in [4.78, 5) is 31.3. The summed E-state index contributed by atoms with van der Waals surface area (Å²) >= 11 is 0. The Bertz CT molecular complexity index is 1470. The minimum absolute atomic E-state index is 0.253. The van der Waals surface area contributed by atoms with Gasteiger partial charge in [0.15, 0.2) is 0 Å². The molecule has 45 heavy (non-hydrogen) atoms. The van der Waals surface area contributed by atoms with Crippen LogP contribution in [0.2, 0.25) is 0 Å². The fraction of sp³-hybridized carbons (Fsp3) is 0.459. The molecular weight excluding hydrogens is 566 g/mol. The fourth-order valence-electron chi connectivity index (χ4n) is 6.34. The van der Waals surface area contributed by atoms with E-state index in [0.717, 1.165) is 22.4 Å². The van der Waals surface area contributed by atoms with Crippen molar-refractivity contribution in [1.82, 2.24) is 9.80 Å². The molecule has 3 aromatic carbocycles. The van der Waals surface area contributed by atoms with Crippen molar-refractivity contribution in [2.24, 2.45) is 5.41 Å². The lowest BCUT2D eigenvalue weighted by atomic mass is 9.61. The van der Waals surface area contributed by atoms with Crippen LogP contribution in [0.4, 0.5) is 15.3 Å². The Labute approximate surface area is 267 Å². The highest BCUT2D eigenvalue weighted by Gasteiger charge is 2.58. The Kier molecular flexibility index (Phi) is 9.17. The van der Waals surface area contributed by atoms with Crippen LogP contribution < -0.4 is 4.90 Å². The minimum Gasteiger partial charge on any atom is -0.445 e. The molecule has 5 rings (SSSR count). The van der Waals surface area contributed by atoms with E-state index in [1.165, 1.54) is 5.56 Å². The second-order valence-electron chi connectivity index (χ2n) is 13.9. The molecule has 2 heterocycles. The van der Waals surface area contributed by atoms with Crippen LogP contribution in [-0.2, 0) is 21.7 Å². The highest BCUT2D eigenvalue weighted by atomic mass is 16.6. The Hall–Kier alpha value is -4.04. The zero-order valence-corrected chi connectivity index (χ0v) is 27.5. The Balaban J connectivity index is 1.34. The summed E-state index contributed by atoms with van der Waals surface area (Å²) in [6, 6.07) is 25.9. The van der Waals surface area contributed by atoms with E-state index in [0.29, 0.717) is 45.2 Å². The minimum atomic E-state index is -1.36. The maximum Gasteiger partial charge on any atom is 0.410 e. The van der Waals surface area contributed by atoms with Crippen molar-refractivity contribution in [3.8, 4) is 0 Å². The van der Waals surface area contributed by atoms with E-state index in [2.05, 4.69) is 36.9 Å². The van der Waals surface area contributed by atoms with Crippen LogP contribution >= 0.6 is 0 Å². The average molecular weight is 614 g/mol. The largest absolute Gasteiger partial charge is 0.445 e. The summed E-state index contributed by atoms with van der Waals surface area (Å²) in [5, 5.41) is 12.8. The van der Waals surface area contributed by atoms with Crippen LogP contribution in [0.15, 0.2) is 78.9 Å². The van der Waals surface area contributed by atoms with E-state index in [9.17, 15) is 14.7 Å². The quantitative estimate of drug-likeness (QED) is 0.317. The molecule has 1 atom stereocenters. The standard InChI is InChI=1S/C37H47N3O5/c1-27(2)29-15-17-30(18-16-29)37(43,36(6)25-40(26-36)34(42)45-35(3,4)5)31-13-10-14-32(23-31)38-19-21-39(22-20-38)33(41)44-24-28-11-8-7-9-12-28/h7-18,23,27,43H,19-22,24-26H2,1-6H3/t37-/m0/s1. The normalized spacial score (nSPS) is 17.8. The second-order valence-corrected chi connectivity index (χ2v) is 13.9. The summed E-state index contributed by atoms with van der Waals surface area (Å²) < 4.78 is 11.2. The summed E-state index contributed by atoms with van der Waals surface area (Å²) in [6.07, 6.45) is -0.676. The molecule has 0 aliphatic carbocycles. The van der Waals surface area contributed by atoms with Crippen molar-refractivity contribution in [1.29, 1.82) is 0 Å². The zero-order valence-electron chi connectivity index (χ0n) is 27.5. The average Bonchev–Trinajstić information content (AvgIpc) is 3.01. The molecule has 0 unspecified atom stereocenters. The molecule has 0 spiro atoms. The van der Waals surface area contributed by atoms with Gasteiger partial charge >= 0.3 is 12.2 Å². The molecule has 0 saturated carbocycles. The van der Waals surface area contributed by atoms with Gasteiger partial charge in [-0.3, -0.25) is 0 Å². The molecular formula is C37H47N3O5. The molecule has 3 aromatic rings. The third kappa shape index (κ3) is 6.96. The Morgan fingerprint density at radius 2 is 1.47 bits per heavy atom. The van der Waals surface area contributed by atoms with Gasteiger partial charge in [0.05, 0.1) is 0 Å². The first-order valence-corrected chi connectivity index (χ1v) is 15.9. The van der Waals surface area contributed by atoms with Crippen LogP contribution in [0, 0.1) is 5.41 Å². The van der Waals surface area contributed by atoms with Crippen molar-refractivity contribution < 1.29 is 24.2 Å². The SMILES string of the molecule is CC(C)c1ccc([C@](O)(c2cccc(N3CCN(C(=O)OCc4ccccc4)CC3)c2)C2(C)CN(C(=O)OC(C)(C)C)C2)cc1. The van der Waals surface area contributed by atoms with Gasteiger partial charge in [-0.05, 0) is 61.1 Å². The van der Waals surface area contributed by atoms with Gasteiger partial charge in [0.1, 0.15) is 17.8 Å². The highest BCUT2D eigenvalue weighted by Crippen LogP contribution is 2.51. The van der Waals surface area contributed by atoms with Gasteiger partial charge < -0.3 is 29.3 Å². The molecule has 2 amide bonds. The highest BCUT2D eigenvalue weighted by molar-refractivity contribution is 5.70. The lowest BCUT2D eigenvalue weighted by Gasteiger charge is -2.56. The molecule has 1 N–H and O–H groups in total. The third-order valence-corrected chi connectivity index (χ3v) is 8.97. The Morgan fingerprint density at radius 1 is 0.822 bits per heavy atom. The zero-order chi connectivity index (χ0) is 32.4. The first-order chi connectivity index (χ1) is 21.3. The number of piperazine rings is 1. The van der Waals surface area contributed by atoms with Gasteiger partial charge in [-0.1, -0.05) is 87.5 Å². The first kappa shape index (κ1) is 32.4. The number of amides is 2. The summed E-state index contributed by atoms with van der Waals surface area (Å²) in [7, 11) is 0. The number of benzene rings is 3. The molecule has 0 aromatic heterocycles. The van der Waals surface area contributed by atoms with Crippen LogP contribution in [0.1, 0.15) is 69.7 Å². The number of carbonyl (C=O) groups excluding carboxylic acids is 2. The molecule has 2 aliphatic rings. The maximum atomic E-state index is 12.9. The molecule has 0 bridgehead atoms. The second kappa shape index (κ2) is 12.8. The number of likely N-dealkylation sites (tertiary alicyclic amines) is 1. The molecule has 8 heteroatoms. The molecule has 2 saturated heterocycles. The molecule has 2 fully saturated rings. The van der Waals surface area contributed by atoms with Crippen molar-refractivity contribution in [3.63, 3.8) is 0 Å². The van der Waals surface area contributed by atoms with Crippen LogP contribution in [-0.4, -0.2) is 72.0 Å². The lowest BCUT2D eigenvalue weighted by Crippen LogP contribution is -2.66. The monoisotopic (exact) mass is 613 g/mol. The number of rotatable bonds is 7. The van der Waals surface area contributed by atoms with Crippen molar-refractivity contribution in [3.05, 3.63) is 101 Å². The van der Waals surface area contributed by atoms with Crippen molar-refractivity contribution in [2.75, 3.05) is 44.2 Å². The fourth-order valence-corrected chi connectivity index (χ4v) is 6.34. The van der Waals surface area contributed by atoms with Gasteiger partial charge in [-0.25, -0.2) is 9.59 Å². The van der Waals surface area contributed by atoms with E-state index in [1.54, 1.807) is 9.80 Å². The predicted octanol–water partition coefficient (Wildman–Crippen LogP) is 6.76. The summed E-state index contributed by atoms with van der Waals surface area (Å²) in [5.74, 6) is 0.367. The predicted molar refractivity (Wildman–Crippen MR) is 176 cm³/mol. The first-order valence-electron chi connectivity index (χ1n) is 15.9. The lowest BCUT2D eigenvalue weighted by molar-refractivity contribution is -0.131. The van der Waals surface area contributed by atoms with E-state index < -0.39 is 16.6 Å². The van der Waals surface area contributed by atoms with E-state index in [4.69, 9.17) is 9.47 Å². The van der Waals surface area contributed by atoms with Gasteiger partial charge in [-0.15, -0.1) is 0 Å². The maximum absolute atomic E-state index is 12.9. The van der Waals surface area contributed by atoms with Crippen molar-refractivity contribution >= 4 is 17.9 Å². The number of aliphatic hydroxyl groups is 1. The van der Waals surface area contributed by atoms with Gasteiger partial charge in [-0.2, -0.15) is 0 Å². The molecule has 2 aliphatic heterocycles. The number of hydrogen-bond acceptors (Lipinski definition) is 6. The molecule has 8 nitrogen and oxygen atoms in total. The van der Waals surface area contributed by atoms with Crippen LogP contribution in [0.25, 0.3) is 0 Å².